The molecule has 1 unspecified atom stereocenters. The van der Waals surface area contributed by atoms with Gasteiger partial charge < -0.3 is 19.6 Å². The lowest BCUT2D eigenvalue weighted by Crippen LogP contribution is -2.52. The van der Waals surface area contributed by atoms with E-state index in [1.54, 1.807) is 14.2 Å². The first-order valence-corrected chi connectivity index (χ1v) is 10.4. The molecule has 1 N–H and O–H groups in total. The molecular formula is C21H28BN3O3. The Labute approximate surface area is 166 Å². The lowest BCUT2D eigenvalue weighted by Gasteiger charge is -2.40. The number of carbonyl (C=O) groups is 1. The molecule has 148 valence electrons. The fourth-order valence-corrected chi connectivity index (χ4v) is 5.28. The molecule has 2 amide bonds. The van der Waals surface area contributed by atoms with Crippen molar-refractivity contribution in [1.29, 1.82) is 0 Å². The number of urea groups is 1. The van der Waals surface area contributed by atoms with Crippen LogP contribution in [0.3, 0.4) is 0 Å². The van der Waals surface area contributed by atoms with Crippen molar-refractivity contribution in [2.45, 2.75) is 50.4 Å². The minimum absolute atomic E-state index is 0.0213. The number of ether oxygens (including phenoxy) is 2. The third kappa shape index (κ3) is 2.71. The van der Waals surface area contributed by atoms with Crippen molar-refractivity contribution in [2.75, 3.05) is 27.3 Å². The summed E-state index contributed by atoms with van der Waals surface area (Å²) < 4.78 is 11.1. The van der Waals surface area contributed by atoms with Gasteiger partial charge in [-0.1, -0.05) is 25.6 Å². The standard InChI is InChI=1S/C21H28BN3O3/c1-14-10-18-21(4-8-24(9-5-21)22-6-7-22)23-20(26)25(18)13-15-11-16(27-2)12-17(28-3)19(14)15/h10-12,14H,4-9,13H2,1-3H3,(H,23,26). The van der Waals surface area contributed by atoms with Gasteiger partial charge in [0.05, 0.1) is 26.3 Å². The predicted molar refractivity (Wildman–Crippen MR) is 109 cm³/mol. The normalized spacial score (nSPS) is 25.6. The second kappa shape index (κ2) is 6.44. The summed E-state index contributed by atoms with van der Waals surface area (Å²) >= 11 is 0. The van der Waals surface area contributed by atoms with Crippen molar-refractivity contribution < 1.29 is 14.3 Å². The quantitative estimate of drug-likeness (QED) is 0.818. The van der Waals surface area contributed by atoms with Crippen molar-refractivity contribution in [1.82, 2.24) is 15.0 Å². The summed E-state index contributed by atoms with van der Waals surface area (Å²) in [4.78, 5) is 17.5. The molecule has 1 atom stereocenters. The lowest BCUT2D eigenvalue weighted by molar-refractivity contribution is 0.218. The Morgan fingerprint density at radius 3 is 2.57 bits per heavy atom. The Bertz CT molecular complexity index is 844. The van der Waals surface area contributed by atoms with E-state index in [2.05, 4.69) is 23.1 Å². The number of carbonyl (C=O) groups excluding carboxylic acids is 1. The average molecular weight is 381 g/mol. The zero-order valence-corrected chi connectivity index (χ0v) is 17.0. The molecule has 1 spiro atoms. The van der Waals surface area contributed by atoms with E-state index in [1.807, 2.05) is 17.0 Å². The third-order valence-corrected chi connectivity index (χ3v) is 6.94. The Morgan fingerprint density at radius 2 is 1.93 bits per heavy atom. The van der Waals surface area contributed by atoms with Crippen molar-refractivity contribution in [3.05, 3.63) is 35.0 Å². The average Bonchev–Trinajstić information content (AvgIpc) is 3.52. The number of piperidine rings is 1. The van der Waals surface area contributed by atoms with E-state index in [0.29, 0.717) is 6.54 Å². The summed E-state index contributed by atoms with van der Waals surface area (Å²) in [6.45, 7) is 5.66. The van der Waals surface area contributed by atoms with Gasteiger partial charge in [0, 0.05) is 23.2 Å². The van der Waals surface area contributed by atoms with E-state index >= 15 is 0 Å². The lowest BCUT2D eigenvalue weighted by atomic mass is 9.76. The van der Waals surface area contributed by atoms with Crippen molar-refractivity contribution >= 4 is 12.9 Å². The zero-order chi connectivity index (χ0) is 19.5. The first-order valence-electron chi connectivity index (χ1n) is 10.4. The van der Waals surface area contributed by atoms with Crippen LogP contribution in [0.1, 0.15) is 36.8 Å². The SMILES string of the molecule is COc1cc2c(c(OC)c1)C(C)C=C1N(C2)C(=O)NC12CCN(B1CC1)CC2. The number of amides is 2. The van der Waals surface area contributed by atoms with Crippen LogP contribution in [-0.2, 0) is 6.54 Å². The van der Waals surface area contributed by atoms with E-state index in [4.69, 9.17) is 9.47 Å². The molecule has 0 bridgehead atoms. The van der Waals surface area contributed by atoms with Crippen molar-refractivity contribution in [3.8, 4) is 11.5 Å². The topological polar surface area (TPSA) is 54.0 Å². The van der Waals surface area contributed by atoms with Gasteiger partial charge in [0.2, 0.25) is 6.85 Å². The van der Waals surface area contributed by atoms with E-state index in [0.717, 1.165) is 61.1 Å². The summed E-state index contributed by atoms with van der Waals surface area (Å²) in [6, 6.07) is 4.00. The first-order chi connectivity index (χ1) is 13.5. The van der Waals surface area contributed by atoms with E-state index in [1.165, 1.54) is 12.6 Å². The molecule has 4 aliphatic heterocycles. The molecule has 1 aromatic carbocycles. The van der Waals surface area contributed by atoms with Gasteiger partial charge in [0.25, 0.3) is 0 Å². The fourth-order valence-electron chi connectivity index (χ4n) is 5.28. The maximum Gasteiger partial charge on any atom is 0.322 e. The van der Waals surface area contributed by atoms with E-state index < -0.39 is 0 Å². The molecule has 5 rings (SSSR count). The van der Waals surface area contributed by atoms with Crippen molar-refractivity contribution in [2.24, 2.45) is 0 Å². The van der Waals surface area contributed by atoms with E-state index in [9.17, 15) is 4.79 Å². The molecule has 0 aliphatic carbocycles. The number of methoxy groups -OCH3 is 2. The molecule has 4 heterocycles. The van der Waals surface area contributed by atoms with Gasteiger partial charge in [-0.2, -0.15) is 0 Å². The number of rotatable bonds is 3. The van der Waals surface area contributed by atoms with Crippen LogP contribution in [0.5, 0.6) is 11.5 Å². The molecule has 0 radical (unpaired) electrons. The summed E-state index contributed by atoms with van der Waals surface area (Å²) in [5, 5.41) is 3.36. The molecule has 3 saturated heterocycles. The van der Waals surface area contributed by atoms with Crippen LogP contribution in [0.2, 0.25) is 12.6 Å². The number of hydrogen-bond donors (Lipinski definition) is 1. The molecule has 28 heavy (non-hydrogen) atoms. The highest BCUT2D eigenvalue weighted by atomic mass is 16.5. The highest BCUT2D eigenvalue weighted by Crippen LogP contribution is 2.45. The van der Waals surface area contributed by atoms with Crippen molar-refractivity contribution in [3.63, 3.8) is 0 Å². The molecule has 1 aromatic rings. The van der Waals surface area contributed by atoms with Crippen LogP contribution in [0.4, 0.5) is 4.79 Å². The molecule has 4 aliphatic rings. The summed E-state index contributed by atoms with van der Waals surface area (Å²) in [5.74, 6) is 1.76. The number of nitrogens with one attached hydrogen (secondary N) is 1. The molecule has 3 fully saturated rings. The molecule has 0 saturated carbocycles. The Balaban J connectivity index is 1.51. The molecule has 0 aromatic heterocycles. The predicted octanol–water partition coefficient (Wildman–Crippen LogP) is 3.07. The van der Waals surface area contributed by atoms with Gasteiger partial charge in [-0.3, -0.25) is 4.90 Å². The van der Waals surface area contributed by atoms with Gasteiger partial charge in [0.1, 0.15) is 11.5 Å². The second-order valence-electron chi connectivity index (χ2n) is 8.61. The van der Waals surface area contributed by atoms with Gasteiger partial charge >= 0.3 is 6.03 Å². The number of allylic oxidation sites excluding steroid dienone is 1. The maximum atomic E-state index is 13.0. The monoisotopic (exact) mass is 381 g/mol. The van der Waals surface area contributed by atoms with Crippen LogP contribution in [0, 0.1) is 0 Å². The summed E-state index contributed by atoms with van der Waals surface area (Å²) in [6.07, 6.45) is 6.93. The summed E-state index contributed by atoms with van der Waals surface area (Å²) in [5.41, 5.74) is 3.18. The largest absolute Gasteiger partial charge is 0.497 e. The van der Waals surface area contributed by atoms with Crippen LogP contribution in [-0.4, -0.2) is 55.4 Å². The number of fused-ring (bicyclic) bond motifs is 3. The molecule has 6 nitrogen and oxygen atoms in total. The van der Waals surface area contributed by atoms with Crippen LogP contribution in [0.25, 0.3) is 0 Å². The maximum absolute atomic E-state index is 13.0. The first kappa shape index (κ1) is 17.9. The third-order valence-electron chi connectivity index (χ3n) is 6.94. The number of hydrogen-bond acceptors (Lipinski definition) is 4. The second-order valence-corrected chi connectivity index (χ2v) is 8.61. The Morgan fingerprint density at radius 1 is 1.18 bits per heavy atom. The highest BCUT2D eigenvalue weighted by Gasteiger charge is 2.51. The van der Waals surface area contributed by atoms with Gasteiger partial charge in [-0.25, -0.2) is 4.79 Å². The fraction of sp³-hybridized carbons (Fsp3) is 0.571. The van der Waals surface area contributed by atoms with Gasteiger partial charge in [-0.15, -0.1) is 0 Å². The number of nitrogens with zero attached hydrogens (tertiary/aromatic N) is 2. The highest BCUT2D eigenvalue weighted by molar-refractivity contribution is 6.66. The van der Waals surface area contributed by atoms with Crippen LogP contribution >= 0.6 is 0 Å². The summed E-state index contributed by atoms with van der Waals surface area (Å²) in [7, 11) is 3.36. The number of benzene rings is 1. The van der Waals surface area contributed by atoms with Crippen LogP contribution < -0.4 is 14.8 Å². The smallest absolute Gasteiger partial charge is 0.322 e. The van der Waals surface area contributed by atoms with E-state index in [-0.39, 0.29) is 17.5 Å². The van der Waals surface area contributed by atoms with Gasteiger partial charge in [-0.05, 0) is 37.6 Å². The zero-order valence-electron chi connectivity index (χ0n) is 17.0. The Hall–Kier alpha value is -2.15. The Kier molecular flexibility index (Phi) is 4.12. The molecule has 7 heteroatoms. The van der Waals surface area contributed by atoms with Gasteiger partial charge in [0.15, 0.2) is 0 Å². The van der Waals surface area contributed by atoms with Crippen LogP contribution in [0.15, 0.2) is 23.9 Å². The minimum atomic E-state index is -0.226. The minimum Gasteiger partial charge on any atom is -0.497 e. The molecular weight excluding hydrogens is 353 g/mol.